The Morgan fingerprint density at radius 3 is 2.40 bits per heavy atom. The van der Waals surface area contributed by atoms with Crippen LogP contribution in [0.1, 0.15) is 48.2 Å². The molecular formula is C28H31NO10S. The molecule has 1 N–H and O–H groups in total. The van der Waals surface area contributed by atoms with Gasteiger partial charge >= 0.3 is 6.16 Å². The molecule has 2 heterocycles. The highest BCUT2D eigenvalue weighted by molar-refractivity contribution is 8.15. The summed E-state index contributed by atoms with van der Waals surface area (Å²) in [6.45, 7) is 5.49. The number of rotatable bonds is 10. The van der Waals surface area contributed by atoms with Gasteiger partial charge in [-0.2, -0.15) is 0 Å². The van der Waals surface area contributed by atoms with Crippen LogP contribution < -0.4 is 29.0 Å². The lowest BCUT2D eigenvalue weighted by atomic mass is 9.86. The van der Waals surface area contributed by atoms with Crippen LogP contribution in [0.25, 0.3) is 0 Å². The van der Waals surface area contributed by atoms with Crippen molar-refractivity contribution >= 4 is 34.8 Å². The van der Waals surface area contributed by atoms with E-state index >= 15 is 0 Å². The standard InChI is InChI=1S/C28H31NO10S/c1-6-36-27(33)38-21-15(2)20-18(30)14-28(3,39-22(20)24(35-5)23(21)34-4)11-12-37-17-9-7-16(8-10-17)13-19-25(31)29-26(32)40-19/h7-10,19H,6,11-14H2,1-5H3,(H,29,31,32). The van der Waals surface area contributed by atoms with E-state index in [9.17, 15) is 19.2 Å². The van der Waals surface area contributed by atoms with E-state index in [1.165, 1.54) is 14.2 Å². The Balaban J connectivity index is 1.46. The number of hydrogen-bond donors (Lipinski definition) is 1. The van der Waals surface area contributed by atoms with Gasteiger partial charge in [-0.1, -0.05) is 23.9 Å². The first-order valence-corrected chi connectivity index (χ1v) is 13.6. The van der Waals surface area contributed by atoms with Gasteiger partial charge in [0.05, 0.1) is 44.7 Å². The number of benzene rings is 2. The zero-order valence-corrected chi connectivity index (χ0v) is 23.7. The number of ether oxygens (including phenoxy) is 6. The summed E-state index contributed by atoms with van der Waals surface area (Å²) in [4.78, 5) is 48.6. The molecule has 11 nitrogen and oxygen atoms in total. The number of methoxy groups -OCH3 is 2. The summed E-state index contributed by atoms with van der Waals surface area (Å²) in [6.07, 6.45) is -0.0417. The molecule has 2 aliphatic rings. The van der Waals surface area contributed by atoms with Crippen molar-refractivity contribution < 1.29 is 47.6 Å². The minimum absolute atomic E-state index is 0.0302. The normalized spacial score (nSPS) is 19.8. The van der Waals surface area contributed by atoms with E-state index in [0.717, 1.165) is 17.3 Å². The van der Waals surface area contributed by atoms with Crippen LogP contribution in [0.5, 0.6) is 28.7 Å². The molecular weight excluding hydrogens is 542 g/mol. The maximum absolute atomic E-state index is 13.4. The smallest absolute Gasteiger partial charge is 0.493 e. The average molecular weight is 574 g/mol. The van der Waals surface area contributed by atoms with Gasteiger partial charge in [-0.25, -0.2) is 4.79 Å². The largest absolute Gasteiger partial charge is 0.513 e. The molecule has 0 bridgehead atoms. The van der Waals surface area contributed by atoms with Gasteiger partial charge in [-0.3, -0.25) is 19.7 Å². The minimum atomic E-state index is -0.928. The number of Topliss-reactive ketones (excluding diaryl/α,β-unsaturated/α-hetero) is 1. The van der Waals surface area contributed by atoms with E-state index in [4.69, 9.17) is 28.4 Å². The molecule has 12 heteroatoms. The number of nitrogens with one attached hydrogen (secondary N) is 1. The second-order valence-electron chi connectivity index (χ2n) is 9.49. The van der Waals surface area contributed by atoms with Crippen molar-refractivity contribution in [1.82, 2.24) is 5.32 Å². The Morgan fingerprint density at radius 2 is 1.80 bits per heavy atom. The van der Waals surface area contributed by atoms with Crippen molar-refractivity contribution in [2.45, 2.75) is 50.9 Å². The molecule has 2 aliphatic heterocycles. The van der Waals surface area contributed by atoms with Gasteiger partial charge in [0.2, 0.25) is 17.4 Å². The van der Waals surface area contributed by atoms with Gasteiger partial charge in [0.1, 0.15) is 11.4 Å². The lowest BCUT2D eigenvalue weighted by Crippen LogP contribution is -2.41. The number of thioether (sulfide) groups is 1. The molecule has 40 heavy (non-hydrogen) atoms. The van der Waals surface area contributed by atoms with Crippen molar-refractivity contribution in [3.63, 3.8) is 0 Å². The quantitative estimate of drug-likeness (QED) is 0.315. The number of fused-ring (bicyclic) bond motifs is 1. The summed E-state index contributed by atoms with van der Waals surface area (Å²) < 4.78 is 33.5. The lowest BCUT2D eigenvalue weighted by molar-refractivity contribution is -0.118. The van der Waals surface area contributed by atoms with Crippen LogP contribution in [-0.4, -0.2) is 61.4 Å². The van der Waals surface area contributed by atoms with Crippen LogP contribution in [0.3, 0.4) is 0 Å². The average Bonchev–Trinajstić information content (AvgIpc) is 3.22. The minimum Gasteiger partial charge on any atom is -0.493 e. The number of imide groups is 1. The Morgan fingerprint density at radius 1 is 1.10 bits per heavy atom. The van der Waals surface area contributed by atoms with E-state index in [0.29, 0.717) is 24.2 Å². The lowest BCUT2D eigenvalue weighted by Gasteiger charge is -2.36. The van der Waals surface area contributed by atoms with Crippen LogP contribution in [0.15, 0.2) is 24.3 Å². The maximum atomic E-state index is 13.4. The molecule has 4 rings (SSSR count). The number of carbonyl (C=O) groups excluding carboxylic acids is 4. The molecule has 0 aliphatic carbocycles. The first-order valence-electron chi connectivity index (χ1n) is 12.7. The zero-order valence-electron chi connectivity index (χ0n) is 22.9. The molecule has 0 radical (unpaired) electrons. The Bertz CT molecular complexity index is 1330. The number of ketones is 1. The highest BCUT2D eigenvalue weighted by Gasteiger charge is 2.42. The van der Waals surface area contributed by atoms with Crippen LogP contribution in [0, 0.1) is 6.92 Å². The summed E-state index contributed by atoms with van der Waals surface area (Å²) in [5.41, 5.74) is 0.628. The van der Waals surface area contributed by atoms with Crippen LogP contribution in [0.2, 0.25) is 0 Å². The fraction of sp³-hybridized carbons (Fsp3) is 0.429. The van der Waals surface area contributed by atoms with Crippen LogP contribution in [0.4, 0.5) is 9.59 Å². The highest BCUT2D eigenvalue weighted by atomic mass is 32.2. The van der Waals surface area contributed by atoms with Crippen molar-refractivity contribution in [2.75, 3.05) is 27.4 Å². The second-order valence-corrected chi connectivity index (χ2v) is 10.7. The fourth-order valence-corrected chi connectivity index (χ4v) is 5.49. The van der Waals surface area contributed by atoms with E-state index < -0.39 is 17.0 Å². The maximum Gasteiger partial charge on any atom is 0.513 e. The van der Waals surface area contributed by atoms with Gasteiger partial charge in [0, 0.05) is 12.0 Å². The fourth-order valence-electron chi connectivity index (χ4n) is 4.63. The molecule has 2 aromatic rings. The first kappa shape index (κ1) is 29.1. The van der Waals surface area contributed by atoms with E-state index in [1.54, 1.807) is 26.0 Å². The van der Waals surface area contributed by atoms with E-state index in [2.05, 4.69) is 5.32 Å². The molecule has 0 saturated carbocycles. The first-order chi connectivity index (χ1) is 19.1. The molecule has 2 atom stereocenters. The monoisotopic (exact) mass is 573 g/mol. The Kier molecular flexibility index (Phi) is 8.77. The van der Waals surface area contributed by atoms with Gasteiger partial charge in [0.25, 0.3) is 5.24 Å². The van der Waals surface area contributed by atoms with Gasteiger partial charge in [-0.15, -0.1) is 0 Å². The summed E-state index contributed by atoms with van der Waals surface area (Å²) in [7, 11) is 2.80. The molecule has 0 aromatic heterocycles. The van der Waals surface area contributed by atoms with Crippen LogP contribution >= 0.6 is 11.8 Å². The van der Waals surface area contributed by atoms with Gasteiger partial charge < -0.3 is 28.4 Å². The summed E-state index contributed by atoms with van der Waals surface area (Å²) in [5, 5.41) is 1.52. The molecule has 0 spiro atoms. The highest BCUT2D eigenvalue weighted by Crippen LogP contribution is 2.53. The molecule has 214 valence electrons. The van der Waals surface area contributed by atoms with Crippen molar-refractivity contribution in [2.24, 2.45) is 0 Å². The van der Waals surface area contributed by atoms with Crippen molar-refractivity contribution in [3.05, 3.63) is 41.0 Å². The summed E-state index contributed by atoms with van der Waals surface area (Å²) in [6, 6.07) is 7.28. The third-order valence-corrected chi connectivity index (χ3v) is 7.57. The molecule has 2 aromatic carbocycles. The van der Waals surface area contributed by atoms with E-state index in [1.807, 2.05) is 19.1 Å². The molecule has 2 unspecified atom stereocenters. The SMILES string of the molecule is CCOC(=O)Oc1c(C)c2c(c(OC)c1OC)OC(C)(CCOc1ccc(CC3SC(=O)NC3=O)cc1)CC2=O. The summed E-state index contributed by atoms with van der Waals surface area (Å²) in [5.74, 6) is 0.621. The second kappa shape index (κ2) is 12.1. The zero-order chi connectivity index (χ0) is 29.0. The Labute approximate surface area is 235 Å². The third-order valence-electron chi connectivity index (χ3n) is 6.59. The number of hydrogen-bond acceptors (Lipinski definition) is 11. The van der Waals surface area contributed by atoms with Gasteiger partial charge in [-0.05, 0) is 44.9 Å². The number of amides is 2. The summed E-state index contributed by atoms with van der Waals surface area (Å²) >= 11 is 0.991. The Hall–Kier alpha value is -3.93. The van der Waals surface area contributed by atoms with Gasteiger partial charge in [0.15, 0.2) is 17.3 Å². The third kappa shape index (κ3) is 6.11. The van der Waals surface area contributed by atoms with Crippen molar-refractivity contribution in [1.29, 1.82) is 0 Å². The molecule has 1 fully saturated rings. The van der Waals surface area contributed by atoms with E-state index in [-0.39, 0.29) is 65.1 Å². The molecule has 2 amide bonds. The van der Waals surface area contributed by atoms with Crippen molar-refractivity contribution in [3.8, 4) is 28.7 Å². The van der Waals surface area contributed by atoms with Crippen LogP contribution in [-0.2, 0) is 16.0 Å². The predicted octanol–water partition coefficient (Wildman–Crippen LogP) is 4.63. The topological polar surface area (TPSA) is 136 Å². The predicted molar refractivity (Wildman–Crippen MR) is 145 cm³/mol. The molecule has 1 saturated heterocycles. The number of carbonyl (C=O) groups is 4.